The Morgan fingerprint density at radius 1 is 1.26 bits per heavy atom. The van der Waals surface area contributed by atoms with Crippen molar-refractivity contribution in [3.05, 3.63) is 41.6 Å². The second-order valence-corrected chi connectivity index (χ2v) is 4.47. The van der Waals surface area contributed by atoms with Gasteiger partial charge >= 0.3 is 5.97 Å². The molecule has 1 unspecified atom stereocenters. The van der Waals surface area contributed by atoms with Crippen molar-refractivity contribution in [3.8, 4) is 5.75 Å². The molecule has 1 atom stereocenters. The Morgan fingerprint density at radius 3 is 2.58 bits per heavy atom. The molecule has 0 fully saturated rings. The lowest BCUT2D eigenvalue weighted by atomic mass is 9.91. The standard InChI is InChI=1S/C15H15NO3/c1-10-8-9-16-14(13(10)11(2)17)15(18)19-12-6-4-3-5-7-12/h3-7,9-10H,8H2,1-2H3. The van der Waals surface area contributed by atoms with Crippen molar-refractivity contribution < 1.29 is 14.3 Å². The van der Waals surface area contributed by atoms with Crippen LogP contribution < -0.4 is 4.74 Å². The van der Waals surface area contributed by atoms with Crippen molar-refractivity contribution in [3.63, 3.8) is 0 Å². The second-order valence-electron chi connectivity index (χ2n) is 4.47. The van der Waals surface area contributed by atoms with E-state index >= 15 is 0 Å². The number of rotatable bonds is 3. The maximum atomic E-state index is 12.1. The first-order chi connectivity index (χ1) is 9.09. The number of Topliss-reactive ketones (excluding diaryl/α,β-unsaturated/α-hetero) is 1. The molecule has 0 saturated heterocycles. The van der Waals surface area contributed by atoms with E-state index in [1.165, 1.54) is 6.92 Å². The van der Waals surface area contributed by atoms with Gasteiger partial charge in [-0.05, 0) is 31.4 Å². The molecule has 0 bridgehead atoms. The van der Waals surface area contributed by atoms with Gasteiger partial charge in [0.05, 0.1) is 0 Å². The summed E-state index contributed by atoms with van der Waals surface area (Å²) >= 11 is 0. The number of carbonyl (C=O) groups excluding carboxylic acids is 2. The van der Waals surface area contributed by atoms with E-state index in [4.69, 9.17) is 4.74 Å². The van der Waals surface area contributed by atoms with Gasteiger partial charge in [0, 0.05) is 11.8 Å². The molecule has 0 saturated carbocycles. The summed E-state index contributed by atoms with van der Waals surface area (Å²) in [6.07, 6.45) is 2.32. The molecule has 1 aliphatic heterocycles. The van der Waals surface area contributed by atoms with Crippen molar-refractivity contribution in [1.29, 1.82) is 0 Å². The number of benzene rings is 1. The summed E-state index contributed by atoms with van der Waals surface area (Å²) in [5.74, 6) is -0.284. The molecule has 19 heavy (non-hydrogen) atoms. The average Bonchev–Trinajstić information content (AvgIpc) is 2.39. The number of ketones is 1. The third kappa shape index (κ3) is 2.96. The van der Waals surface area contributed by atoms with Crippen molar-refractivity contribution in [2.75, 3.05) is 0 Å². The Hall–Kier alpha value is -2.23. The van der Waals surface area contributed by atoms with Gasteiger partial charge in [-0.15, -0.1) is 0 Å². The Kier molecular flexibility index (Phi) is 3.90. The molecule has 0 aromatic heterocycles. The summed E-state index contributed by atoms with van der Waals surface area (Å²) < 4.78 is 5.22. The molecule has 4 heteroatoms. The van der Waals surface area contributed by atoms with Crippen molar-refractivity contribution in [1.82, 2.24) is 0 Å². The highest BCUT2D eigenvalue weighted by atomic mass is 16.5. The summed E-state index contributed by atoms with van der Waals surface area (Å²) in [4.78, 5) is 27.8. The van der Waals surface area contributed by atoms with Gasteiger partial charge in [-0.2, -0.15) is 0 Å². The molecule has 1 aliphatic rings. The molecular weight excluding hydrogens is 242 g/mol. The van der Waals surface area contributed by atoms with Gasteiger partial charge in [0.25, 0.3) is 0 Å². The Bertz CT molecular complexity index is 558. The van der Waals surface area contributed by atoms with Gasteiger partial charge in [-0.1, -0.05) is 25.1 Å². The molecule has 0 amide bonds. The summed E-state index contributed by atoms with van der Waals surface area (Å²) in [6.45, 7) is 3.35. The van der Waals surface area contributed by atoms with Gasteiger partial charge in [0.1, 0.15) is 5.75 Å². The summed E-state index contributed by atoms with van der Waals surface area (Å²) in [6, 6.07) is 8.74. The van der Waals surface area contributed by atoms with Crippen LogP contribution in [0.15, 0.2) is 46.6 Å². The molecule has 98 valence electrons. The van der Waals surface area contributed by atoms with Gasteiger partial charge in [0.15, 0.2) is 11.5 Å². The number of allylic oxidation sites excluding steroid dienone is 1. The maximum Gasteiger partial charge on any atom is 0.362 e. The average molecular weight is 257 g/mol. The van der Waals surface area contributed by atoms with Crippen LogP contribution in [-0.2, 0) is 9.59 Å². The minimum Gasteiger partial charge on any atom is -0.422 e. The van der Waals surface area contributed by atoms with E-state index in [1.807, 2.05) is 13.0 Å². The molecule has 0 spiro atoms. The second kappa shape index (κ2) is 5.61. The molecule has 0 aliphatic carbocycles. The minimum absolute atomic E-state index is 0.00618. The lowest BCUT2D eigenvalue weighted by molar-refractivity contribution is -0.130. The van der Waals surface area contributed by atoms with Crippen LogP contribution in [0.3, 0.4) is 0 Å². The van der Waals surface area contributed by atoms with Gasteiger partial charge in [0.2, 0.25) is 0 Å². The number of aliphatic imine (C=N–C) groups is 1. The number of para-hydroxylation sites is 1. The van der Waals surface area contributed by atoms with E-state index in [0.29, 0.717) is 17.7 Å². The predicted octanol–water partition coefficient (Wildman–Crippen LogP) is 2.55. The van der Waals surface area contributed by atoms with Gasteiger partial charge in [-0.25, -0.2) is 4.79 Å². The summed E-state index contributed by atoms with van der Waals surface area (Å²) in [7, 11) is 0. The normalized spacial score (nSPS) is 18.3. The van der Waals surface area contributed by atoms with E-state index in [1.54, 1.807) is 30.5 Å². The summed E-state index contributed by atoms with van der Waals surface area (Å²) in [5.41, 5.74) is 0.568. The van der Waals surface area contributed by atoms with E-state index in [2.05, 4.69) is 4.99 Å². The fraction of sp³-hybridized carbons (Fsp3) is 0.267. The third-order valence-corrected chi connectivity index (χ3v) is 2.95. The first kappa shape index (κ1) is 13.2. The third-order valence-electron chi connectivity index (χ3n) is 2.95. The Balaban J connectivity index is 2.28. The van der Waals surface area contributed by atoms with E-state index in [9.17, 15) is 9.59 Å². The van der Waals surface area contributed by atoms with E-state index in [0.717, 1.165) is 0 Å². The lowest BCUT2D eigenvalue weighted by Gasteiger charge is -2.18. The van der Waals surface area contributed by atoms with Crippen LogP contribution in [0.25, 0.3) is 0 Å². The molecule has 1 heterocycles. The first-order valence-electron chi connectivity index (χ1n) is 6.14. The van der Waals surface area contributed by atoms with Crippen LogP contribution in [0, 0.1) is 5.92 Å². The van der Waals surface area contributed by atoms with Crippen molar-refractivity contribution in [2.24, 2.45) is 10.9 Å². The van der Waals surface area contributed by atoms with E-state index < -0.39 is 5.97 Å². The van der Waals surface area contributed by atoms with Crippen molar-refractivity contribution >= 4 is 18.0 Å². The van der Waals surface area contributed by atoms with E-state index in [-0.39, 0.29) is 17.4 Å². The zero-order valence-corrected chi connectivity index (χ0v) is 10.9. The number of hydrogen-bond acceptors (Lipinski definition) is 4. The first-order valence-corrected chi connectivity index (χ1v) is 6.14. The lowest BCUT2D eigenvalue weighted by Crippen LogP contribution is -2.21. The number of carbonyl (C=O) groups is 2. The number of esters is 1. The smallest absolute Gasteiger partial charge is 0.362 e. The summed E-state index contributed by atoms with van der Waals surface area (Å²) in [5, 5.41) is 0. The predicted molar refractivity (Wildman–Crippen MR) is 72.1 cm³/mol. The van der Waals surface area contributed by atoms with Crippen LogP contribution in [0.2, 0.25) is 0 Å². The maximum absolute atomic E-state index is 12.1. The largest absolute Gasteiger partial charge is 0.422 e. The highest BCUT2D eigenvalue weighted by Gasteiger charge is 2.26. The highest BCUT2D eigenvalue weighted by molar-refractivity contribution is 6.05. The zero-order valence-electron chi connectivity index (χ0n) is 10.9. The fourth-order valence-corrected chi connectivity index (χ4v) is 2.04. The Labute approximate surface area is 111 Å². The number of hydrogen-bond donors (Lipinski definition) is 0. The van der Waals surface area contributed by atoms with Crippen LogP contribution in [0.5, 0.6) is 5.75 Å². The molecule has 4 nitrogen and oxygen atoms in total. The molecule has 1 aromatic rings. The van der Waals surface area contributed by atoms with Crippen molar-refractivity contribution in [2.45, 2.75) is 20.3 Å². The monoisotopic (exact) mass is 257 g/mol. The molecule has 2 rings (SSSR count). The quantitative estimate of drug-likeness (QED) is 0.617. The topological polar surface area (TPSA) is 55.7 Å². The number of ether oxygens (including phenoxy) is 1. The van der Waals surface area contributed by atoms with Crippen LogP contribution in [-0.4, -0.2) is 18.0 Å². The SMILES string of the molecule is CC(=O)C1=C(C(=O)Oc2ccccc2)N=CCC1C. The van der Waals surface area contributed by atoms with Crippen LogP contribution >= 0.6 is 0 Å². The molecular formula is C15H15NO3. The minimum atomic E-state index is -0.584. The van der Waals surface area contributed by atoms with Gasteiger partial charge in [-0.3, -0.25) is 9.79 Å². The highest BCUT2D eigenvalue weighted by Crippen LogP contribution is 2.25. The Morgan fingerprint density at radius 2 is 1.95 bits per heavy atom. The molecule has 0 N–H and O–H groups in total. The zero-order chi connectivity index (χ0) is 13.8. The van der Waals surface area contributed by atoms with Crippen LogP contribution in [0.1, 0.15) is 20.3 Å². The molecule has 0 radical (unpaired) electrons. The fourth-order valence-electron chi connectivity index (χ4n) is 2.04. The van der Waals surface area contributed by atoms with Gasteiger partial charge < -0.3 is 4.74 Å². The number of nitrogens with zero attached hydrogens (tertiary/aromatic N) is 1. The molecule has 1 aromatic carbocycles. The van der Waals surface area contributed by atoms with Crippen LogP contribution in [0.4, 0.5) is 0 Å².